The van der Waals surface area contributed by atoms with E-state index in [-0.39, 0.29) is 5.97 Å². The second kappa shape index (κ2) is 6.92. The Morgan fingerprint density at radius 2 is 1.79 bits per heavy atom. The second-order valence-corrected chi connectivity index (χ2v) is 7.73. The highest BCUT2D eigenvalue weighted by molar-refractivity contribution is 5.99. The maximum absolute atomic E-state index is 13.0. The van der Waals surface area contributed by atoms with Gasteiger partial charge >= 0.3 is 5.97 Å². The van der Waals surface area contributed by atoms with Gasteiger partial charge in [-0.1, -0.05) is 60.7 Å². The van der Waals surface area contributed by atoms with E-state index in [1.54, 1.807) is 0 Å². The Morgan fingerprint density at radius 1 is 1.00 bits per heavy atom. The summed E-state index contributed by atoms with van der Waals surface area (Å²) in [6.07, 6.45) is 2.00. The van der Waals surface area contributed by atoms with E-state index in [1.165, 1.54) is 22.3 Å². The third-order valence-corrected chi connectivity index (χ3v) is 6.06. The van der Waals surface area contributed by atoms with Crippen molar-refractivity contribution in [2.75, 3.05) is 13.6 Å². The van der Waals surface area contributed by atoms with Gasteiger partial charge in [-0.2, -0.15) is 0 Å². The lowest BCUT2D eigenvalue weighted by atomic mass is 9.76. The van der Waals surface area contributed by atoms with Gasteiger partial charge in [0.05, 0.1) is 5.56 Å². The highest BCUT2D eigenvalue weighted by Gasteiger charge is 2.34. The monoisotopic (exact) mass is 369 g/mol. The molecule has 0 bridgehead atoms. The molecule has 0 N–H and O–H groups in total. The van der Waals surface area contributed by atoms with Crippen molar-refractivity contribution in [1.29, 1.82) is 0 Å². The van der Waals surface area contributed by atoms with Crippen LogP contribution in [0, 0.1) is 0 Å². The molecule has 0 saturated carbocycles. The molecule has 3 heteroatoms. The number of rotatable bonds is 3. The van der Waals surface area contributed by atoms with Gasteiger partial charge in [0.2, 0.25) is 0 Å². The largest absolute Gasteiger partial charge is 0.457 e. The Morgan fingerprint density at radius 3 is 2.64 bits per heavy atom. The van der Waals surface area contributed by atoms with Crippen LogP contribution in [0.15, 0.2) is 66.7 Å². The van der Waals surface area contributed by atoms with E-state index in [4.69, 9.17) is 4.74 Å². The molecular formula is C25H23NO2. The van der Waals surface area contributed by atoms with Crippen molar-refractivity contribution in [1.82, 2.24) is 4.90 Å². The van der Waals surface area contributed by atoms with Crippen molar-refractivity contribution in [2.45, 2.75) is 25.5 Å². The molecule has 0 amide bonds. The minimum atomic E-state index is -0.249. The van der Waals surface area contributed by atoms with Crippen LogP contribution in [0.25, 0.3) is 11.1 Å². The molecule has 0 spiro atoms. The number of esters is 1. The summed E-state index contributed by atoms with van der Waals surface area (Å²) in [6, 6.07) is 22.8. The molecule has 3 aromatic rings. The predicted molar refractivity (Wildman–Crippen MR) is 110 cm³/mol. The molecule has 1 atom stereocenters. The van der Waals surface area contributed by atoms with Crippen molar-refractivity contribution in [3.8, 4) is 11.1 Å². The van der Waals surface area contributed by atoms with Crippen LogP contribution >= 0.6 is 0 Å². The summed E-state index contributed by atoms with van der Waals surface area (Å²) < 4.78 is 5.66. The zero-order valence-corrected chi connectivity index (χ0v) is 16.0. The molecule has 0 fully saturated rings. The minimum Gasteiger partial charge on any atom is -0.457 e. The quantitative estimate of drug-likeness (QED) is 0.622. The summed E-state index contributed by atoms with van der Waals surface area (Å²) in [5.74, 6) is -0.249. The Balaban J connectivity index is 1.54. The fourth-order valence-corrected chi connectivity index (χ4v) is 4.64. The van der Waals surface area contributed by atoms with Gasteiger partial charge in [-0.3, -0.25) is 4.90 Å². The minimum absolute atomic E-state index is 0.249. The number of benzene rings is 3. The highest BCUT2D eigenvalue weighted by Crippen LogP contribution is 2.45. The zero-order chi connectivity index (χ0) is 19.1. The molecule has 0 aromatic heterocycles. The first-order valence-electron chi connectivity index (χ1n) is 9.87. The van der Waals surface area contributed by atoms with Gasteiger partial charge in [0, 0.05) is 12.6 Å². The zero-order valence-electron chi connectivity index (χ0n) is 16.0. The highest BCUT2D eigenvalue weighted by atomic mass is 16.5. The van der Waals surface area contributed by atoms with Crippen LogP contribution in [0.2, 0.25) is 0 Å². The second-order valence-electron chi connectivity index (χ2n) is 7.73. The number of carbonyl (C=O) groups is 1. The number of ether oxygens (including phenoxy) is 1. The molecule has 0 saturated heterocycles. The van der Waals surface area contributed by atoms with Gasteiger partial charge in [0.25, 0.3) is 0 Å². The van der Waals surface area contributed by atoms with Crippen molar-refractivity contribution in [3.05, 3.63) is 94.5 Å². The number of carbonyl (C=O) groups excluding carboxylic acids is 1. The molecule has 1 aliphatic carbocycles. The van der Waals surface area contributed by atoms with Crippen molar-refractivity contribution >= 4 is 5.97 Å². The van der Waals surface area contributed by atoms with Gasteiger partial charge in [0.15, 0.2) is 0 Å². The van der Waals surface area contributed by atoms with E-state index in [1.807, 2.05) is 42.5 Å². The molecule has 3 aromatic carbocycles. The smallest absolute Gasteiger partial charge is 0.339 e. The van der Waals surface area contributed by atoms with E-state index in [9.17, 15) is 4.79 Å². The third-order valence-electron chi connectivity index (χ3n) is 6.06. The fourth-order valence-electron chi connectivity index (χ4n) is 4.64. The summed E-state index contributed by atoms with van der Waals surface area (Å²) in [6.45, 7) is 1.37. The summed E-state index contributed by atoms with van der Waals surface area (Å²) >= 11 is 0. The fraction of sp³-hybridized carbons (Fsp3) is 0.240. The van der Waals surface area contributed by atoms with Crippen LogP contribution in [0.3, 0.4) is 0 Å². The van der Waals surface area contributed by atoms with Crippen LogP contribution in [-0.2, 0) is 24.2 Å². The average molecular weight is 369 g/mol. The molecule has 0 radical (unpaired) electrons. The van der Waals surface area contributed by atoms with Crippen molar-refractivity contribution in [2.24, 2.45) is 0 Å². The van der Waals surface area contributed by atoms with Gasteiger partial charge in [-0.15, -0.1) is 0 Å². The summed E-state index contributed by atoms with van der Waals surface area (Å²) in [4.78, 5) is 15.4. The van der Waals surface area contributed by atoms with Crippen LogP contribution < -0.4 is 0 Å². The molecule has 5 rings (SSSR count). The lowest BCUT2D eigenvalue weighted by Crippen LogP contribution is -2.35. The number of hydrogen-bond acceptors (Lipinski definition) is 3. The number of fused-ring (bicyclic) bond motifs is 2. The Bertz CT molecular complexity index is 1040. The third kappa shape index (κ3) is 2.83. The van der Waals surface area contributed by atoms with Crippen LogP contribution in [0.5, 0.6) is 0 Å². The molecule has 2 aliphatic rings. The maximum atomic E-state index is 13.0. The van der Waals surface area contributed by atoms with E-state index in [0.29, 0.717) is 18.2 Å². The van der Waals surface area contributed by atoms with E-state index >= 15 is 0 Å². The van der Waals surface area contributed by atoms with Gasteiger partial charge in [0.1, 0.15) is 6.61 Å². The summed E-state index contributed by atoms with van der Waals surface area (Å²) in [7, 11) is 2.20. The van der Waals surface area contributed by atoms with Gasteiger partial charge < -0.3 is 4.74 Å². The van der Waals surface area contributed by atoms with E-state index in [2.05, 4.69) is 36.2 Å². The standard InChI is InChI=1S/C25H23NO2/c1-26-14-13-18-9-5-11-20-23-19(15-22(26)24(18)20)10-6-12-21(23)25(27)28-16-17-7-3-2-4-8-17/h2-12,22H,13-16H2,1H3/t22-/m1/s1. The van der Waals surface area contributed by atoms with Crippen LogP contribution in [0.4, 0.5) is 0 Å². The van der Waals surface area contributed by atoms with Gasteiger partial charge in [-0.25, -0.2) is 4.79 Å². The molecular weight excluding hydrogens is 346 g/mol. The normalized spacial score (nSPS) is 17.5. The van der Waals surface area contributed by atoms with E-state index in [0.717, 1.165) is 30.5 Å². The molecule has 0 unspecified atom stereocenters. The first-order valence-corrected chi connectivity index (χ1v) is 9.87. The molecule has 1 heterocycles. The predicted octanol–water partition coefficient (Wildman–Crippen LogP) is 4.80. The summed E-state index contributed by atoms with van der Waals surface area (Å²) in [5, 5.41) is 0. The summed E-state index contributed by atoms with van der Waals surface area (Å²) in [5.41, 5.74) is 7.97. The molecule has 28 heavy (non-hydrogen) atoms. The topological polar surface area (TPSA) is 29.5 Å². The Hall–Kier alpha value is -2.91. The molecule has 1 aliphatic heterocycles. The lowest BCUT2D eigenvalue weighted by molar-refractivity contribution is 0.0473. The SMILES string of the molecule is CN1CCc2cccc3c2[C@H]1Cc1cccc(C(=O)OCc2ccccc2)c1-3. The van der Waals surface area contributed by atoms with Crippen LogP contribution in [0.1, 0.15) is 38.7 Å². The van der Waals surface area contributed by atoms with Crippen molar-refractivity contribution in [3.63, 3.8) is 0 Å². The molecule has 140 valence electrons. The van der Waals surface area contributed by atoms with Crippen LogP contribution in [-0.4, -0.2) is 24.5 Å². The van der Waals surface area contributed by atoms with Gasteiger partial charge in [-0.05, 0) is 59.3 Å². The molecule has 3 nitrogen and oxygen atoms in total. The Labute approximate surface area is 165 Å². The first kappa shape index (κ1) is 17.2. The number of nitrogens with zero attached hydrogens (tertiary/aromatic N) is 1. The Kier molecular flexibility index (Phi) is 4.25. The number of hydrogen-bond donors (Lipinski definition) is 0. The number of likely N-dealkylation sites (N-methyl/N-ethyl adjacent to an activating group) is 1. The maximum Gasteiger partial charge on any atom is 0.339 e. The van der Waals surface area contributed by atoms with E-state index < -0.39 is 0 Å². The lowest BCUT2D eigenvalue weighted by Gasteiger charge is -2.40. The first-order chi connectivity index (χ1) is 13.7. The average Bonchev–Trinajstić information content (AvgIpc) is 2.75. The van der Waals surface area contributed by atoms with Crippen molar-refractivity contribution < 1.29 is 9.53 Å².